The van der Waals surface area contributed by atoms with Crippen LogP contribution in [0.4, 0.5) is 0 Å². The Morgan fingerprint density at radius 2 is 2.44 bits per heavy atom. The van der Waals surface area contributed by atoms with E-state index in [0.717, 1.165) is 11.5 Å². The number of carboxylic acid groups (broad SMARTS) is 1. The maximum atomic E-state index is 9.97. The van der Waals surface area contributed by atoms with Gasteiger partial charge in [-0.25, -0.2) is 4.79 Å². The Balaban J connectivity index is 0.000000640. The van der Waals surface area contributed by atoms with Crippen LogP contribution in [0.3, 0.4) is 0 Å². The van der Waals surface area contributed by atoms with E-state index in [4.69, 9.17) is 5.11 Å². The molecule has 0 aliphatic carbocycles. The van der Waals surface area contributed by atoms with Gasteiger partial charge in [0.2, 0.25) is 0 Å². The molecule has 0 atom stereocenters. The van der Waals surface area contributed by atoms with Crippen LogP contribution in [0.15, 0.2) is 5.38 Å². The Morgan fingerprint density at radius 1 is 1.78 bits per heavy atom. The summed E-state index contributed by atoms with van der Waals surface area (Å²) in [7, 11) is 0. The first-order valence-electron chi connectivity index (χ1n) is 1.81. The molecule has 5 nitrogen and oxygen atoms in total. The van der Waals surface area contributed by atoms with Crippen LogP contribution in [0.1, 0.15) is 10.5 Å². The predicted octanol–water partition coefficient (Wildman–Crippen LogP) is 0.398. The van der Waals surface area contributed by atoms with E-state index < -0.39 is 5.97 Å². The minimum atomic E-state index is -1.03. The number of aromatic nitrogens is 2. The summed E-state index contributed by atoms with van der Waals surface area (Å²) in [5, 5.41) is 12.8. The van der Waals surface area contributed by atoms with E-state index in [1.54, 1.807) is 0 Å². The first-order chi connectivity index (χ1) is 3.80. The van der Waals surface area contributed by atoms with Crippen molar-refractivity contribution >= 4 is 17.5 Å². The summed E-state index contributed by atoms with van der Waals surface area (Å²) in [6.45, 7) is 0. The van der Waals surface area contributed by atoms with Gasteiger partial charge in [0, 0.05) is 5.38 Å². The van der Waals surface area contributed by atoms with Crippen molar-refractivity contribution in [1.29, 1.82) is 0 Å². The van der Waals surface area contributed by atoms with Crippen molar-refractivity contribution in [2.24, 2.45) is 0 Å². The lowest BCUT2D eigenvalue weighted by Gasteiger charge is -1.75. The third-order valence-corrected chi connectivity index (χ3v) is 1.08. The maximum Gasteiger partial charge on any atom is 0.357 e. The number of carbonyl (C=O) groups is 1. The van der Waals surface area contributed by atoms with E-state index in [1.807, 2.05) is 0 Å². The van der Waals surface area contributed by atoms with Crippen molar-refractivity contribution in [3.8, 4) is 0 Å². The molecular formula is C3H5N3O2S. The second kappa shape index (κ2) is 3.10. The van der Waals surface area contributed by atoms with Crippen LogP contribution in [-0.2, 0) is 0 Å². The van der Waals surface area contributed by atoms with Crippen LogP contribution < -0.4 is 6.15 Å². The van der Waals surface area contributed by atoms with E-state index in [1.165, 1.54) is 5.38 Å². The van der Waals surface area contributed by atoms with Crippen molar-refractivity contribution in [3.05, 3.63) is 11.1 Å². The molecule has 0 unspecified atom stereocenters. The summed E-state index contributed by atoms with van der Waals surface area (Å²) in [6.07, 6.45) is 0. The first kappa shape index (κ1) is 7.99. The second-order valence-electron chi connectivity index (χ2n) is 1.10. The lowest BCUT2D eigenvalue weighted by atomic mass is 10.5. The number of hydrogen-bond donors (Lipinski definition) is 2. The Labute approximate surface area is 55.1 Å². The fourth-order valence-electron chi connectivity index (χ4n) is 0.258. The van der Waals surface area contributed by atoms with Gasteiger partial charge in [-0.15, -0.1) is 5.10 Å². The molecule has 4 N–H and O–H groups in total. The predicted molar refractivity (Wildman–Crippen MR) is 31.9 cm³/mol. The molecule has 0 spiro atoms. The zero-order chi connectivity index (χ0) is 5.98. The van der Waals surface area contributed by atoms with E-state index >= 15 is 0 Å². The Hall–Kier alpha value is -1.01. The lowest BCUT2D eigenvalue weighted by molar-refractivity contribution is 0.0690. The number of hydrogen-bond acceptors (Lipinski definition) is 5. The number of carboxylic acids is 1. The summed E-state index contributed by atoms with van der Waals surface area (Å²) >= 11 is 1.03. The van der Waals surface area contributed by atoms with Crippen molar-refractivity contribution < 1.29 is 9.90 Å². The van der Waals surface area contributed by atoms with Gasteiger partial charge in [0.1, 0.15) is 0 Å². The standard InChI is InChI=1S/C3H2N2O2S.H3N/c6-3(7)2-1-8-5-4-2;/h1H,(H,6,7);1H3. The molecule has 0 aliphatic rings. The van der Waals surface area contributed by atoms with Crippen LogP contribution in [0.25, 0.3) is 0 Å². The van der Waals surface area contributed by atoms with E-state index in [-0.39, 0.29) is 11.8 Å². The lowest BCUT2D eigenvalue weighted by Crippen LogP contribution is -1.95. The average Bonchev–Trinajstić information content (AvgIpc) is 2.12. The number of nitrogens with zero attached hydrogens (tertiary/aromatic N) is 2. The van der Waals surface area contributed by atoms with Crippen LogP contribution in [-0.4, -0.2) is 20.7 Å². The van der Waals surface area contributed by atoms with Gasteiger partial charge in [0.25, 0.3) is 0 Å². The van der Waals surface area contributed by atoms with Gasteiger partial charge >= 0.3 is 5.97 Å². The molecule has 1 aromatic heterocycles. The molecule has 1 rings (SSSR count). The number of rotatable bonds is 1. The summed E-state index contributed by atoms with van der Waals surface area (Å²) in [5.74, 6) is -1.03. The van der Waals surface area contributed by atoms with Gasteiger partial charge in [-0.05, 0) is 11.5 Å². The number of aromatic carboxylic acids is 1. The minimum absolute atomic E-state index is 0. The van der Waals surface area contributed by atoms with Crippen molar-refractivity contribution in [1.82, 2.24) is 15.7 Å². The summed E-state index contributed by atoms with van der Waals surface area (Å²) in [5.41, 5.74) is 0.00926. The monoisotopic (exact) mass is 147 g/mol. The van der Waals surface area contributed by atoms with Crippen molar-refractivity contribution in [2.45, 2.75) is 0 Å². The highest BCUT2D eigenvalue weighted by Crippen LogP contribution is 1.94. The highest BCUT2D eigenvalue weighted by Gasteiger charge is 2.02. The normalized spacial score (nSPS) is 8.00. The van der Waals surface area contributed by atoms with Crippen molar-refractivity contribution in [2.75, 3.05) is 0 Å². The van der Waals surface area contributed by atoms with Gasteiger partial charge in [-0.3, -0.25) is 0 Å². The van der Waals surface area contributed by atoms with E-state index in [0.29, 0.717) is 0 Å². The maximum absolute atomic E-state index is 9.97. The van der Waals surface area contributed by atoms with Gasteiger partial charge in [-0.2, -0.15) is 0 Å². The smallest absolute Gasteiger partial charge is 0.357 e. The van der Waals surface area contributed by atoms with Gasteiger partial charge in [0.15, 0.2) is 5.69 Å². The molecule has 0 amide bonds. The molecule has 0 saturated carbocycles. The van der Waals surface area contributed by atoms with Crippen LogP contribution in [0, 0.1) is 0 Å². The highest BCUT2D eigenvalue weighted by molar-refractivity contribution is 7.03. The highest BCUT2D eigenvalue weighted by atomic mass is 32.1. The molecule has 1 heterocycles. The Morgan fingerprint density at radius 3 is 2.67 bits per heavy atom. The SMILES string of the molecule is N.O=C(O)c1csnn1. The summed E-state index contributed by atoms with van der Waals surface area (Å²) in [4.78, 5) is 9.97. The Bertz CT molecular complexity index is 185. The van der Waals surface area contributed by atoms with Gasteiger partial charge in [-0.1, -0.05) is 4.49 Å². The molecule has 50 valence electrons. The van der Waals surface area contributed by atoms with Crippen LogP contribution in [0.2, 0.25) is 0 Å². The molecule has 1 aromatic rings. The van der Waals surface area contributed by atoms with Gasteiger partial charge < -0.3 is 11.3 Å². The Kier molecular flexibility index (Phi) is 2.75. The molecule has 0 saturated heterocycles. The fraction of sp³-hybridized carbons (Fsp3) is 0. The van der Waals surface area contributed by atoms with Crippen molar-refractivity contribution in [3.63, 3.8) is 0 Å². The molecule has 0 aromatic carbocycles. The largest absolute Gasteiger partial charge is 0.476 e. The zero-order valence-electron chi connectivity index (χ0n) is 4.44. The quantitative estimate of drug-likeness (QED) is 0.599. The molecule has 0 bridgehead atoms. The molecular weight excluding hydrogens is 142 g/mol. The summed E-state index contributed by atoms with van der Waals surface area (Å²) in [6, 6.07) is 0. The molecule has 0 fully saturated rings. The molecule has 6 heteroatoms. The average molecular weight is 147 g/mol. The third-order valence-electron chi connectivity index (χ3n) is 0.579. The van der Waals surface area contributed by atoms with Crippen LogP contribution >= 0.6 is 11.5 Å². The topological polar surface area (TPSA) is 98.1 Å². The zero-order valence-corrected chi connectivity index (χ0v) is 5.26. The van der Waals surface area contributed by atoms with E-state index in [2.05, 4.69) is 9.59 Å². The third kappa shape index (κ3) is 1.74. The fourth-order valence-corrected chi connectivity index (χ4v) is 0.688. The van der Waals surface area contributed by atoms with E-state index in [9.17, 15) is 4.79 Å². The van der Waals surface area contributed by atoms with Gasteiger partial charge in [0.05, 0.1) is 0 Å². The molecule has 0 radical (unpaired) electrons. The minimum Gasteiger partial charge on any atom is -0.476 e. The van der Waals surface area contributed by atoms with Crippen LogP contribution in [0.5, 0.6) is 0 Å². The first-order valence-corrected chi connectivity index (χ1v) is 2.64. The molecule has 0 aliphatic heterocycles. The molecule has 9 heavy (non-hydrogen) atoms. The summed E-state index contributed by atoms with van der Waals surface area (Å²) < 4.78 is 3.35. The second-order valence-corrected chi connectivity index (χ2v) is 1.71.